The molecule has 1 rings (SSSR count). The Balaban J connectivity index is 2.95. The molecule has 0 aliphatic rings. The van der Waals surface area contributed by atoms with Gasteiger partial charge in [0.25, 0.3) is 0 Å². The van der Waals surface area contributed by atoms with Crippen LogP contribution in [0.25, 0.3) is 0 Å². The van der Waals surface area contributed by atoms with Crippen LogP contribution in [0.15, 0.2) is 18.2 Å². The molecule has 0 amide bonds. The lowest BCUT2D eigenvalue weighted by Gasteiger charge is -2.15. The van der Waals surface area contributed by atoms with Crippen LogP contribution in [0.5, 0.6) is 11.5 Å². The van der Waals surface area contributed by atoms with Crippen molar-refractivity contribution < 1.29 is 40.9 Å². The lowest BCUT2D eigenvalue weighted by Crippen LogP contribution is -2.21. The summed E-state index contributed by atoms with van der Waals surface area (Å²) >= 11 is 0. The summed E-state index contributed by atoms with van der Waals surface area (Å²) < 4.78 is 79.7. The third kappa shape index (κ3) is 5.69. The summed E-state index contributed by atoms with van der Waals surface area (Å²) in [6.45, 7) is -2.34. The van der Waals surface area contributed by atoms with Gasteiger partial charge in [0.05, 0.1) is 6.61 Å². The van der Waals surface area contributed by atoms with Gasteiger partial charge in [-0.05, 0) is 17.7 Å². The molecule has 0 heterocycles. The minimum atomic E-state index is -5.08. The quantitative estimate of drug-likeness (QED) is 0.866. The monoisotopic (exact) mass is 290 g/mol. The number of aliphatic hydroxyl groups is 1. The Hall–Kier alpha value is -1.64. The van der Waals surface area contributed by atoms with E-state index in [1.165, 1.54) is 0 Å². The number of rotatable bonds is 4. The molecular weight excluding hydrogens is 282 g/mol. The summed E-state index contributed by atoms with van der Waals surface area (Å²) in [5.41, 5.74) is 0.0404. The first-order valence-corrected chi connectivity index (χ1v) is 4.80. The number of aliphatic hydroxyl groups excluding tert-OH is 1. The summed E-state index contributed by atoms with van der Waals surface area (Å²) in [7, 11) is 0. The van der Waals surface area contributed by atoms with Crippen LogP contribution in [0.2, 0.25) is 0 Å². The molecule has 0 radical (unpaired) electrons. The van der Waals surface area contributed by atoms with E-state index in [1.54, 1.807) is 0 Å². The zero-order valence-corrected chi connectivity index (χ0v) is 9.18. The minimum Gasteiger partial charge on any atom is -0.480 e. The zero-order chi connectivity index (χ0) is 14.7. The maximum Gasteiger partial charge on any atom is 0.573 e. The van der Waals surface area contributed by atoms with Crippen LogP contribution in [0.1, 0.15) is 5.56 Å². The fourth-order valence-corrected chi connectivity index (χ4v) is 1.13. The van der Waals surface area contributed by atoms with Crippen LogP contribution in [-0.2, 0) is 6.61 Å². The van der Waals surface area contributed by atoms with Crippen molar-refractivity contribution in [1.82, 2.24) is 0 Å². The molecule has 0 saturated heterocycles. The molecular formula is C10H8F6O3. The third-order valence-electron chi connectivity index (χ3n) is 1.81. The number of benzene rings is 1. The van der Waals surface area contributed by atoms with Gasteiger partial charge in [0, 0.05) is 0 Å². The van der Waals surface area contributed by atoms with Gasteiger partial charge >= 0.3 is 12.5 Å². The second-order valence-electron chi connectivity index (χ2n) is 3.39. The topological polar surface area (TPSA) is 38.7 Å². The van der Waals surface area contributed by atoms with Crippen LogP contribution in [0, 0.1) is 0 Å². The van der Waals surface area contributed by atoms with Crippen LogP contribution in [0.3, 0.4) is 0 Å². The van der Waals surface area contributed by atoms with E-state index >= 15 is 0 Å². The molecule has 0 aliphatic carbocycles. The maximum atomic E-state index is 12.1. The summed E-state index contributed by atoms with van der Waals surface area (Å²) in [6, 6.07) is 2.73. The molecule has 108 valence electrons. The van der Waals surface area contributed by atoms with Gasteiger partial charge in [-0.2, -0.15) is 13.2 Å². The van der Waals surface area contributed by atoms with Crippen molar-refractivity contribution in [2.24, 2.45) is 0 Å². The number of ether oxygens (including phenoxy) is 2. The van der Waals surface area contributed by atoms with Crippen molar-refractivity contribution in [3.8, 4) is 11.5 Å². The van der Waals surface area contributed by atoms with E-state index in [0.29, 0.717) is 0 Å². The van der Waals surface area contributed by atoms with Gasteiger partial charge in [-0.1, -0.05) is 6.07 Å². The second-order valence-corrected chi connectivity index (χ2v) is 3.39. The molecule has 0 saturated carbocycles. The Bertz CT molecular complexity index is 426. The van der Waals surface area contributed by atoms with E-state index < -0.39 is 37.3 Å². The molecule has 9 heteroatoms. The predicted octanol–water partition coefficient (Wildman–Crippen LogP) is 3.02. The largest absolute Gasteiger partial charge is 0.573 e. The van der Waals surface area contributed by atoms with Crippen molar-refractivity contribution in [2.45, 2.75) is 19.1 Å². The highest BCUT2D eigenvalue weighted by Gasteiger charge is 2.34. The van der Waals surface area contributed by atoms with Crippen molar-refractivity contribution in [1.29, 1.82) is 0 Å². The van der Waals surface area contributed by atoms with Crippen LogP contribution >= 0.6 is 0 Å². The van der Waals surface area contributed by atoms with Gasteiger partial charge in [0.2, 0.25) is 0 Å². The Morgan fingerprint density at radius 3 is 2.11 bits per heavy atom. The molecule has 1 N–H and O–H groups in total. The lowest BCUT2D eigenvalue weighted by molar-refractivity contribution is -0.275. The molecule has 1 aromatic rings. The predicted molar refractivity (Wildman–Crippen MR) is 50.6 cm³/mol. The van der Waals surface area contributed by atoms with Gasteiger partial charge in [-0.15, -0.1) is 13.2 Å². The van der Waals surface area contributed by atoms with E-state index in [0.717, 1.165) is 18.2 Å². The summed E-state index contributed by atoms with van der Waals surface area (Å²) in [6.07, 6.45) is -9.77. The number of alkyl halides is 6. The van der Waals surface area contributed by atoms with E-state index in [-0.39, 0.29) is 5.56 Å². The Labute approximate surface area is 103 Å². The fourth-order valence-electron chi connectivity index (χ4n) is 1.13. The molecule has 3 nitrogen and oxygen atoms in total. The Morgan fingerprint density at radius 2 is 1.63 bits per heavy atom. The van der Waals surface area contributed by atoms with E-state index in [2.05, 4.69) is 9.47 Å². The molecule has 0 aromatic heterocycles. The zero-order valence-electron chi connectivity index (χ0n) is 9.18. The van der Waals surface area contributed by atoms with E-state index in [1.807, 2.05) is 0 Å². The van der Waals surface area contributed by atoms with E-state index in [4.69, 9.17) is 5.11 Å². The van der Waals surface area contributed by atoms with Crippen LogP contribution in [-0.4, -0.2) is 24.3 Å². The lowest BCUT2D eigenvalue weighted by atomic mass is 10.2. The van der Waals surface area contributed by atoms with Crippen molar-refractivity contribution in [3.63, 3.8) is 0 Å². The van der Waals surface area contributed by atoms with Gasteiger partial charge in [-0.3, -0.25) is 0 Å². The summed E-state index contributed by atoms with van der Waals surface area (Å²) in [5.74, 6) is -1.66. The first-order valence-electron chi connectivity index (χ1n) is 4.80. The SMILES string of the molecule is OCc1ccc(OCC(F)(F)F)c(OC(F)(F)F)c1. The summed E-state index contributed by atoms with van der Waals surface area (Å²) in [4.78, 5) is 0. The maximum absolute atomic E-state index is 12.1. The van der Waals surface area contributed by atoms with Crippen LogP contribution < -0.4 is 9.47 Å². The highest BCUT2D eigenvalue weighted by Crippen LogP contribution is 2.34. The average molecular weight is 290 g/mol. The molecule has 0 atom stereocenters. The molecule has 19 heavy (non-hydrogen) atoms. The summed E-state index contributed by atoms with van der Waals surface area (Å²) in [5, 5.41) is 8.75. The highest BCUT2D eigenvalue weighted by molar-refractivity contribution is 5.43. The molecule has 0 aliphatic heterocycles. The molecule has 0 fully saturated rings. The van der Waals surface area contributed by atoms with Crippen LogP contribution in [0.4, 0.5) is 26.3 Å². The van der Waals surface area contributed by atoms with Gasteiger partial charge in [-0.25, -0.2) is 0 Å². The number of halogens is 6. The number of hydrogen-bond donors (Lipinski definition) is 1. The van der Waals surface area contributed by atoms with Crippen molar-refractivity contribution in [2.75, 3.05) is 6.61 Å². The van der Waals surface area contributed by atoms with E-state index in [9.17, 15) is 26.3 Å². The molecule has 0 unspecified atom stereocenters. The Kier molecular flexibility index (Phi) is 4.51. The van der Waals surface area contributed by atoms with Crippen molar-refractivity contribution >= 4 is 0 Å². The normalized spacial score (nSPS) is 12.4. The molecule has 1 aromatic carbocycles. The van der Waals surface area contributed by atoms with Gasteiger partial charge in [0.1, 0.15) is 0 Å². The standard InChI is InChI=1S/C10H8F6O3/c11-9(12,13)5-18-7-2-1-6(4-17)3-8(7)19-10(14,15)16/h1-3,17H,4-5H2. The Morgan fingerprint density at radius 1 is 1.00 bits per heavy atom. The number of hydrogen-bond acceptors (Lipinski definition) is 3. The minimum absolute atomic E-state index is 0.0404. The smallest absolute Gasteiger partial charge is 0.480 e. The first-order chi connectivity index (χ1) is 8.61. The average Bonchev–Trinajstić information content (AvgIpc) is 2.24. The fraction of sp³-hybridized carbons (Fsp3) is 0.400. The second kappa shape index (κ2) is 5.55. The molecule has 0 bridgehead atoms. The third-order valence-corrected chi connectivity index (χ3v) is 1.81. The first kappa shape index (κ1) is 15.4. The van der Waals surface area contributed by atoms with Gasteiger partial charge < -0.3 is 14.6 Å². The van der Waals surface area contributed by atoms with Gasteiger partial charge in [0.15, 0.2) is 18.1 Å². The van der Waals surface area contributed by atoms with Crippen molar-refractivity contribution in [3.05, 3.63) is 23.8 Å². The highest BCUT2D eigenvalue weighted by atomic mass is 19.4. The molecule has 0 spiro atoms.